The number of rotatable bonds is 4. The molecule has 0 aliphatic heterocycles. The van der Waals surface area contributed by atoms with Crippen molar-refractivity contribution in [3.63, 3.8) is 0 Å². The number of hydrogen-bond acceptors (Lipinski definition) is 1. The molecule has 1 saturated carbocycles. The van der Waals surface area contributed by atoms with Crippen molar-refractivity contribution in [2.24, 2.45) is 17.3 Å². The molecule has 1 N–H and O–H groups in total. The largest absolute Gasteiger partial charge is 0.317 e. The van der Waals surface area contributed by atoms with Crippen molar-refractivity contribution in [3.8, 4) is 0 Å². The van der Waals surface area contributed by atoms with Crippen LogP contribution in [0.15, 0.2) is 18.2 Å². The quantitative estimate of drug-likeness (QED) is 0.858. The predicted octanol–water partition coefficient (Wildman–Crippen LogP) is 4.56. The topological polar surface area (TPSA) is 12.0 Å². The van der Waals surface area contributed by atoms with Crippen LogP contribution in [-0.2, 0) is 6.42 Å². The van der Waals surface area contributed by atoms with Gasteiger partial charge in [0, 0.05) is 11.6 Å². The van der Waals surface area contributed by atoms with Gasteiger partial charge in [-0.15, -0.1) is 0 Å². The molecule has 0 bridgehead atoms. The van der Waals surface area contributed by atoms with Gasteiger partial charge in [0.05, 0.1) is 0 Å². The van der Waals surface area contributed by atoms with Crippen LogP contribution in [0.5, 0.6) is 0 Å². The fourth-order valence-electron chi connectivity index (χ4n) is 3.92. The number of benzene rings is 1. The van der Waals surface area contributed by atoms with Crippen LogP contribution in [0.1, 0.15) is 45.6 Å². The predicted molar refractivity (Wildman–Crippen MR) is 83.2 cm³/mol. The van der Waals surface area contributed by atoms with E-state index < -0.39 is 11.6 Å². The molecule has 2 rings (SSSR count). The van der Waals surface area contributed by atoms with E-state index in [9.17, 15) is 8.78 Å². The Morgan fingerprint density at radius 3 is 2.38 bits per heavy atom. The average molecular weight is 295 g/mol. The molecule has 3 heteroatoms. The van der Waals surface area contributed by atoms with E-state index in [0.717, 1.165) is 18.8 Å². The summed E-state index contributed by atoms with van der Waals surface area (Å²) in [6, 6.07) is 4.57. The standard InChI is InChI=1S/C18H27F2N/c1-12-8-9-14(17(10-12)21-4)18(2,3)11-13-15(19)6-5-7-16(13)20/h5-7,12,14,17,21H,8-11H2,1-4H3. The van der Waals surface area contributed by atoms with Gasteiger partial charge in [-0.3, -0.25) is 0 Å². The molecule has 1 aromatic carbocycles. The van der Waals surface area contributed by atoms with Gasteiger partial charge in [-0.1, -0.05) is 33.3 Å². The highest BCUT2D eigenvalue weighted by Crippen LogP contribution is 2.42. The maximum absolute atomic E-state index is 13.9. The zero-order chi connectivity index (χ0) is 15.6. The van der Waals surface area contributed by atoms with Crippen LogP contribution < -0.4 is 5.32 Å². The van der Waals surface area contributed by atoms with Gasteiger partial charge in [0.25, 0.3) is 0 Å². The molecule has 0 radical (unpaired) electrons. The van der Waals surface area contributed by atoms with E-state index >= 15 is 0 Å². The van der Waals surface area contributed by atoms with Crippen LogP contribution in [0, 0.1) is 28.9 Å². The lowest BCUT2D eigenvalue weighted by atomic mass is 9.64. The Balaban J connectivity index is 2.21. The van der Waals surface area contributed by atoms with E-state index in [1.54, 1.807) is 0 Å². The Labute approximate surface area is 127 Å². The van der Waals surface area contributed by atoms with E-state index in [1.165, 1.54) is 24.6 Å². The van der Waals surface area contributed by atoms with Gasteiger partial charge in [0.15, 0.2) is 0 Å². The van der Waals surface area contributed by atoms with Gasteiger partial charge in [-0.05, 0) is 55.7 Å². The van der Waals surface area contributed by atoms with Gasteiger partial charge in [-0.2, -0.15) is 0 Å². The lowest BCUT2D eigenvalue weighted by Crippen LogP contribution is -2.46. The summed E-state index contributed by atoms with van der Waals surface area (Å²) in [5.74, 6) is 0.318. The first-order valence-electron chi connectivity index (χ1n) is 7.95. The minimum absolute atomic E-state index is 0.128. The van der Waals surface area contributed by atoms with Crippen molar-refractivity contribution in [2.75, 3.05) is 7.05 Å². The molecule has 1 aromatic rings. The Hall–Kier alpha value is -0.960. The van der Waals surface area contributed by atoms with Crippen LogP contribution in [-0.4, -0.2) is 13.1 Å². The first-order chi connectivity index (χ1) is 9.85. The second-order valence-electron chi connectivity index (χ2n) is 7.29. The van der Waals surface area contributed by atoms with Crippen molar-refractivity contribution in [1.29, 1.82) is 0 Å². The third-order valence-corrected chi connectivity index (χ3v) is 5.18. The minimum atomic E-state index is -0.423. The highest BCUT2D eigenvalue weighted by Gasteiger charge is 2.39. The molecule has 118 valence electrons. The Bertz CT molecular complexity index is 464. The molecular weight excluding hydrogens is 268 g/mol. The molecule has 0 amide bonds. The monoisotopic (exact) mass is 295 g/mol. The molecule has 3 unspecified atom stereocenters. The maximum atomic E-state index is 13.9. The van der Waals surface area contributed by atoms with Crippen LogP contribution in [0.4, 0.5) is 8.78 Å². The SMILES string of the molecule is CNC1CC(C)CCC1C(C)(C)Cc1c(F)cccc1F. The summed E-state index contributed by atoms with van der Waals surface area (Å²) in [6.45, 7) is 6.57. The molecule has 0 aromatic heterocycles. The second-order valence-corrected chi connectivity index (χ2v) is 7.29. The third-order valence-electron chi connectivity index (χ3n) is 5.18. The van der Waals surface area contributed by atoms with E-state index in [0.29, 0.717) is 18.4 Å². The summed E-state index contributed by atoms with van der Waals surface area (Å²) in [5.41, 5.74) is 0.104. The normalized spacial score (nSPS) is 26.9. The Morgan fingerprint density at radius 2 is 1.81 bits per heavy atom. The number of hydrogen-bond donors (Lipinski definition) is 1. The van der Waals surface area contributed by atoms with Crippen LogP contribution >= 0.6 is 0 Å². The highest BCUT2D eigenvalue weighted by atomic mass is 19.1. The van der Waals surface area contributed by atoms with E-state index in [-0.39, 0.29) is 11.0 Å². The van der Waals surface area contributed by atoms with Crippen molar-refractivity contribution in [2.45, 2.75) is 52.5 Å². The van der Waals surface area contributed by atoms with E-state index in [1.807, 2.05) is 7.05 Å². The van der Waals surface area contributed by atoms with Crippen molar-refractivity contribution in [3.05, 3.63) is 35.4 Å². The molecule has 21 heavy (non-hydrogen) atoms. The van der Waals surface area contributed by atoms with Crippen molar-refractivity contribution in [1.82, 2.24) is 5.32 Å². The van der Waals surface area contributed by atoms with Crippen molar-refractivity contribution >= 4 is 0 Å². The van der Waals surface area contributed by atoms with Crippen LogP contribution in [0.2, 0.25) is 0 Å². The van der Waals surface area contributed by atoms with E-state index in [2.05, 4.69) is 26.1 Å². The lowest BCUT2D eigenvalue weighted by Gasteiger charge is -2.44. The third kappa shape index (κ3) is 3.63. The second kappa shape index (κ2) is 6.43. The summed E-state index contributed by atoms with van der Waals surface area (Å²) in [4.78, 5) is 0. The molecule has 0 heterocycles. The molecule has 1 aliphatic rings. The Morgan fingerprint density at radius 1 is 1.19 bits per heavy atom. The summed E-state index contributed by atoms with van der Waals surface area (Å²) in [6.07, 6.45) is 3.91. The summed E-state index contributed by atoms with van der Waals surface area (Å²) in [7, 11) is 2.00. The molecule has 1 aliphatic carbocycles. The first-order valence-corrected chi connectivity index (χ1v) is 7.95. The molecule has 1 nitrogen and oxygen atoms in total. The van der Waals surface area contributed by atoms with Gasteiger partial charge in [0.2, 0.25) is 0 Å². The summed E-state index contributed by atoms with van der Waals surface area (Å²) < 4.78 is 27.9. The zero-order valence-electron chi connectivity index (χ0n) is 13.5. The number of nitrogens with one attached hydrogen (secondary N) is 1. The zero-order valence-corrected chi connectivity index (χ0v) is 13.5. The molecule has 0 spiro atoms. The lowest BCUT2D eigenvalue weighted by molar-refractivity contribution is 0.0964. The molecule has 3 atom stereocenters. The maximum Gasteiger partial charge on any atom is 0.129 e. The Kier molecular flexibility index (Phi) is 5.03. The van der Waals surface area contributed by atoms with Gasteiger partial charge >= 0.3 is 0 Å². The van der Waals surface area contributed by atoms with Gasteiger partial charge in [0.1, 0.15) is 11.6 Å². The molecule has 0 saturated heterocycles. The first kappa shape index (κ1) is 16.4. The number of halogens is 2. The van der Waals surface area contributed by atoms with Crippen molar-refractivity contribution < 1.29 is 8.78 Å². The van der Waals surface area contributed by atoms with Gasteiger partial charge in [-0.25, -0.2) is 8.78 Å². The fourth-order valence-corrected chi connectivity index (χ4v) is 3.92. The highest BCUT2D eigenvalue weighted by molar-refractivity contribution is 5.21. The fraction of sp³-hybridized carbons (Fsp3) is 0.667. The summed E-state index contributed by atoms with van der Waals surface area (Å²) in [5, 5.41) is 3.42. The average Bonchev–Trinajstić information content (AvgIpc) is 2.42. The summed E-state index contributed by atoms with van der Waals surface area (Å²) >= 11 is 0. The van der Waals surface area contributed by atoms with Crippen LogP contribution in [0.25, 0.3) is 0 Å². The van der Waals surface area contributed by atoms with Gasteiger partial charge < -0.3 is 5.32 Å². The minimum Gasteiger partial charge on any atom is -0.317 e. The smallest absolute Gasteiger partial charge is 0.129 e. The van der Waals surface area contributed by atoms with E-state index in [4.69, 9.17) is 0 Å². The van der Waals surface area contributed by atoms with Crippen LogP contribution in [0.3, 0.4) is 0 Å². The molecule has 1 fully saturated rings. The molecular formula is C18H27F2N.